The number of benzene rings is 2. The number of rotatable bonds is 6. The summed E-state index contributed by atoms with van der Waals surface area (Å²) >= 11 is 6.14. The number of allylic oxidation sites excluding steroid dienone is 1. The lowest BCUT2D eigenvalue weighted by molar-refractivity contribution is -0.124. The Kier molecular flexibility index (Phi) is 5.72. The Labute approximate surface area is 174 Å². The van der Waals surface area contributed by atoms with Crippen molar-refractivity contribution in [3.63, 3.8) is 0 Å². The SMILES string of the molecule is CC(=CC(=O)NO)c1ccc2c(c1)CCC2NCCc1c[nH]c2ccc(Cl)cc12. The third-order valence-corrected chi connectivity index (χ3v) is 5.88. The van der Waals surface area contributed by atoms with Gasteiger partial charge in [0.25, 0.3) is 5.91 Å². The van der Waals surface area contributed by atoms with Crippen molar-refractivity contribution in [3.8, 4) is 0 Å². The van der Waals surface area contributed by atoms with Gasteiger partial charge in [-0.05, 0) is 78.8 Å². The van der Waals surface area contributed by atoms with E-state index in [-0.39, 0.29) is 0 Å². The molecule has 1 amide bonds. The summed E-state index contributed by atoms with van der Waals surface area (Å²) in [5.41, 5.74) is 8.50. The molecule has 6 heteroatoms. The molecule has 5 nitrogen and oxygen atoms in total. The van der Waals surface area contributed by atoms with Crippen molar-refractivity contribution >= 4 is 34.0 Å². The fraction of sp³-hybridized carbons (Fsp3) is 0.261. The smallest absolute Gasteiger partial charge is 0.267 e. The van der Waals surface area contributed by atoms with Crippen LogP contribution in [-0.4, -0.2) is 22.6 Å². The Morgan fingerprint density at radius 2 is 2.17 bits per heavy atom. The first kappa shape index (κ1) is 19.7. The van der Waals surface area contributed by atoms with E-state index in [1.807, 2.05) is 31.2 Å². The van der Waals surface area contributed by atoms with Crippen molar-refractivity contribution in [1.29, 1.82) is 0 Å². The molecule has 0 saturated carbocycles. The van der Waals surface area contributed by atoms with E-state index in [1.54, 1.807) is 5.48 Å². The van der Waals surface area contributed by atoms with Crippen molar-refractivity contribution in [1.82, 2.24) is 15.8 Å². The standard InChI is InChI=1S/C23H24ClN3O2/c1-14(10-23(28)27-29)15-2-5-19-16(11-15)3-6-21(19)25-9-8-17-13-26-22-7-4-18(24)12-20(17)22/h2,4-5,7,10-13,21,25-26,29H,3,6,8-9H2,1H3,(H,27,28). The van der Waals surface area contributed by atoms with E-state index in [0.29, 0.717) is 6.04 Å². The van der Waals surface area contributed by atoms with E-state index in [9.17, 15) is 4.79 Å². The lowest BCUT2D eigenvalue weighted by Gasteiger charge is -2.14. The first-order valence-electron chi connectivity index (χ1n) is 9.79. The normalized spacial score (nSPS) is 16.2. The maximum Gasteiger partial charge on any atom is 0.267 e. The summed E-state index contributed by atoms with van der Waals surface area (Å²) in [4.78, 5) is 14.6. The molecule has 0 fully saturated rings. The monoisotopic (exact) mass is 409 g/mol. The molecule has 4 N–H and O–H groups in total. The van der Waals surface area contributed by atoms with E-state index >= 15 is 0 Å². The van der Waals surface area contributed by atoms with E-state index in [2.05, 4.69) is 28.6 Å². The fourth-order valence-electron chi connectivity index (χ4n) is 4.13. The predicted octanol–water partition coefficient (Wildman–Crippen LogP) is 4.55. The molecular weight excluding hydrogens is 386 g/mol. The molecule has 1 aliphatic rings. The van der Waals surface area contributed by atoms with Crippen LogP contribution in [0.1, 0.15) is 41.6 Å². The molecule has 1 heterocycles. The molecule has 1 unspecified atom stereocenters. The average molecular weight is 410 g/mol. The van der Waals surface area contributed by atoms with Crippen molar-refractivity contribution in [2.75, 3.05) is 6.54 Å². The average Bonchev–Trinajstić information content (AvgIpc) is 3.31. The zero-order valence-electron chi connectivity index (χ0n) is 16.3. The quantitative estimate of drug-likeness (QED) is 0.274. The van der Waals surface area contributed by atoms with Crippen LogP contribution in [0.3, 0.4) is 0 Å². The third kappa shape index (κ3) is 4.22. The van der Waals surface area contributed by atoms with Crippen LogP contribution < -0.4 is 10.8 Å². The largest absolute Gasteiger partial charge is 0.361 e. The van der Waals surface area contributed by atoms with Gasteiger partial charge in [-0.2, -0.15) is 0 Å². The minimum atomic E-state index is -0.513. The second kappa shape index (κ2) is 8.41. The van der Waals surface area contributed by atoms with E-state index in [4.69, 9.17) is 16.8 Å². The highest BCUT2D eigenvalue weighted by molar-refractivity contribution is 6.31. The molecule has 1 atom stereocenters. The summed E-state index contributed by atoms with van der Waals surface area (Å²) in [5.74, 6) is -0.513. The molecule has 1 aromatic heterocycles. The Morgan fingerprint density at radius 1 is 1.31 bits per heavy atom. The molecule has 4 rings (SSSR count). The predicted molar refractivity (Wildman–Crippen MR) is 116 cm³/mol. The number of halogens is 1. The number of nitrogens with one attached hydrogen (secondary N) is 3. The molecular formula is C23H24ClN3O2. The lowest BCUT2D eigenvalue weighted by atomic mass is 10.00. The van der Waals surface area contributed by atoms with Crippen LogP contribution in [0.5, 0.6) is 0 Å². The van der Waals surface area contributed by atoms with Gasteiger partial charge < -0.3 is 10.3 Å². The first-order valence-corrected chi connectivity index (χ1v) is 10.2. The van der Waals surface area contributed by atoms with Crippen molar-refractivity contribution in [2.45, 2.75) is 32.2 Å². The first-order chi connectivity index (χ1) is 14.0. The van der Waals surface area contributed by atoms with Crippen LogP contribution in [0.25, 0.3) is 16.5 Å². The van der Waals surface area contributed by atoms with E-state index in [0.717, 1.165) is 47.5 Å². The fourth-order valence-corrected chi connectivity index (χ4v) is 4.30. The third-order valence-electron chi connectivity index (χ3n) is 5.65. The summed E-state index contributed by atoms with van der Waals surface area (Å²) in [6.07, 6.45) is 6.48. The maximum atomic E-state index is 11.3. The molecule has 0 radical (unpaired) electrons. The summed E-state index contributed by atoms with van der Waals surface area (Å²) in [6.45, 7) is 2.76. The van der Waals surface area contributed by atoms with Gasteiger partial charge >= 0.3 is 0 Å². The summed E-state index contributed by atoms with van der Waals surface area (Å²) in [5, 5.41) is 14.3. The minimum absolute atomic E-state index is 0.345. The maximum absolute atomic E-state index is 11.3. The number of hydrogen-bond donors (Lipinski definition) is 4. The van der Waals surface area contributed by atoms with Crippen molar-refractivity contribution < 1.29 is 10.0 Å². The van der Waals surface area contributed by atoms with Gasteiger partial charge in [0.2, 0.25) is 0 Å². The van der Waals surface area contributed by atoms with E-state index in [1.165, 1.54) is 28.2 Å². The number of fused-ring (bicyclic) bond motifs is 2. The van der Waals surface area contributed by atoms with Crippen molar-refractivity contribution in [3.05, 3.63) is 75.9 Å². The van der Waals surface area contributed by atoms with Crippen LogP contribution >= 0.6 is 11.6 Å². The number of hydroxylamine groups is 1. The Hall–Kier alpha value is -2.60. The molecule has 150 valence electrons. The van der Waals surface area contributed by atoms with Crippen LogP contribution in [-0.2, 0) is 17.6 Å². The second-order valence-electron chi connectivity index (χ2n) is 7.52. The highest BCUT2D eigenvalue weighted by Crippen LogP contribution is 2.33. The number of hydrogen-bond acceptors (Lipinski definition) is 3. The number of carbonyl (C=O) groups is 1. The molecule has 3 aromatic rings. The summed E-state index contributed by atoms with van der Waals surface area (Å²) < 4.78 is 0. The topological polar surface area (TPSA) is 77.2 Å². The summed E-state index contributed by atoms with van der Waals surface area (Å²) in [6, 6.07) is 12.6. The second-order valence-corrected chi connectivity index (χ2v) is 7.95. The molecule has 0 saturated heterocycles. The number of aromatic amines is 1. The highest BCUT2D eigenvalue weighted by Gasteiger charge is 2.22. The van der Waals surface area contributed by atoms with Crippen LogP contribution in [0, 0.1) is 0 Å². The molecule has 0 bridgehead atoms. The molecule has 29 heavy (non-hydrogen) atoms. The molecule has 1 aliphatic carbocycles. The Balaban J connectivity index is 1.41. The van der Waals surface area contributed by atoms with Gasteiger partial charge in [-0.3, -0.25) is 10.0 Å². The minimum Gasteiger partial charge on any atom is -0.361 e. The Bertz CT molecular complexity index is 1090. The number of carbonyl (C=O) groups excluding carboxylic acids is 1. The number of aryl methyl sites for hydroxylation is 1. The van der Waals surface area contributed by atoms with Crippen LogP contribution in [0.4, 0.5) is 0 Å². The number of aromatic nitrogens is 1. The zero-order valence-corrected chi connectivity index (χ0v) is 17.0. The molecule has 2 aromatic carbocycles. The molecule has 0 aliphatic heterocycles. The van der Waals surface area contributed by atoms with E-state index < -0.39 is 5.91 Å². The van der Waals surface area contributed by atoms with Gasteiger partial charge in [-0.15, -0.1) is 0 Å². The van der Waals surface area contributed by atoms with Gasteiger partial charge in [0.1, 0.15) is 0 Å². The lowest BCUT2D eigenvalue weighted by Crippen LogP contribution is -2.21. The summed E-state index contributed by atoms with van der Waals surface area (Å²) in [7, 11) is 0. The number of amides is 1. The Morgan fingerprint density at radius 3 is 3.00 bits per heavy atom. The zero-order chi connectivity index (χ0) is 20.4. The van der Waals surface area contributed by atoms with Gasteiger partial charge in [0.05, 0.1) is 0 Å². The van der Waals surface area contributed by atoms with Crippen LogP contribution in [0.2, 0.25) is 5.02 Å². The van der Waals surface area contributed by atoms with Crippen molar-refractivity contribution in [2.24, 2.45) is 0 Å². The molecule has 0 spiro atoms. The van der Waals surface area contributed by atoms with Gasteiger partial charge in [-0.25, -0.2) is 5.48 Å². The van der Waals surface area contributed by atoms with Crippen LogP contribution in [0.15, 0.2) is 48.7 Å². The van der Waals surface area contributed by atoms with Gasteiger partial charge in [0.15, 0.2) is 0 Å². The van der Waals surface area contributed by atoms with Gasteiger partial charge in [-0.1, -0.05) is 29.8 Å². The number of H-pyrrole nitrogens is 1. The highest BCUT2D eigenvalue weighted by atomic mass is 35.5. The van der Waals surface area contributed by atoms with Gasteiger partial charge in [0, 0.05) is 34.2 Å².